The van der Waals surface area contributed by atoms with E-state index in [9.17, 15) is 9.90 Å². The number of hydrogen-bond acceptors (Lipinski definition) is 6. The monoisotopic (exact) mass is 347 g/mol. The Morgan fingerprint density at radius 3 is 2.76 bits per heavy atom. The van der Waals surface area contributed by atoms with E-state index in [4.69, 9.17) is 0 Å². The molecular formula is C18H29N5O2. The van der Waals surface area contributed by atoms with E-state index in [2.05, 4.69) is 19.8 Å². The van der Waals surface area contributed by atoms with Crippen LogP contribution in [0.3, 0.4) is 0 Å². The van der Waals surface area contributed by atoms with Gasteiger partial charge >= 0.3 is 0 Å². The van der Waals surface area contributed by atoms with Crippen molar-refractivity contribution < 1.29 is 9.90 Å². The number of piperidine rings is 2. The van der Waals surface area contributed by atoms with Gasteiger partial charge in [0.25, 0.3) is 0 Å². The highest BCUT2D eigenvalue weighted by Gasteiger charge is 2.45. The van der Waals surface area contributed by atoms with Gasteiger partial charge in [-0.1, -0.05) is 0 Å². The number of hydrogen-bond donors (Lipinski definition) is 1. The molecule has 2 saturated heterocycles. The molecule has 2 fully saturated rings. The number of aromatic nitrogens is 2. The van der Waals surface area contributed by atoms with E-state index < -0.39 is 5.60 Å². The maximum atomic E-state index is 12.0. The van der Waals surface area contributed by atoms with Crippen molar-refractivity contribution in [3.63, 3.8) is 0 Å². The molecule has 2 aliphatic rings. The quantitative estimate of drug-likeness (QED) is 0.856. The fourth-order valence-corrected chi connectivity index (χ4v) is 3.88. The predicted molar refractivity (Wildman–Crippen MR) is 96.5 cm³/mol. The van der Waals surface area contributed by atoms with Crippen LogP contribution in [0.15, 0.2) is 6.20 Å². The summed E-state index contributed by atoms with van der Waals surface area (Å²) in [6.45, 7) is 7.44. The lowest BCUT2D eigenvalue weighted by Crippen LogP contribution is -2.60. The molecule has 0 unspecified atom stereocenters. The highest BCUT2D eigenvalue weighted by Crippen LogP contribution is 2.37. The molecule has 2 atom stereocenters. The van der Waals surface area contributed by atoms with Crippen molar-refractivity contribution in [2.75, 3.05) is 51.7 Å². The number of likely N-dealkylation sites (tertiary alicyclic amines) is 1. The molecule has 3 heterocycles. The average molecular weight is 347 g/mol. The summed E-state index contributed by atoms with van der Waals surface area (Å²) < 4.78 is 0. The SMILES string of the molecule is Cc1ncc(C)c(N2CC[C@@]3(O)CCN(CC(=O)N(C)C)C[C@H]3C2)n1. The van der Waals surface area contributed by atoms with E-state index in [0.29, 0.717) is 6.54 Å². The molecular weight excluding hydrogens is 318 g/mol. The zero-order chi connectivity index (χ0) is 18.2. The van der Waals surface area contributed by atoms with E-state index >= 15 is 0 Å². The second-order valence-electron chi connectivity index (χ2n) is 7.69. The molecule has 7 heteroatoms. The van der Waals surface area contributed by atoms with Crippen LogP contribution in [0.25, 0.3) is 0 Å². The molecule has 0 aliphatic carbocycles. The molecule has 1 aromatic heterocycles. The van der Waals surface area contributed by atoms with Crippen LogP contribution in [0.1, 0.15) is 24.2 Å². The number of aryl methyl sites for hydroxylation is 2. The molecule has 1 N–H and O–H groups in total. The van der Waals surface area contributed by atoms with Crippen LogP contribution in [0.4, 0.5) is 5.82 Å². The number of carbonyl (C=O) groups excluding carboxylic acids is 1. The standard InChI is InChI=1S/C18H29N5O2/c1-13-9-19-14(2)20-17(13)23-8-6-18(25)5-7-22(10-15(18)11-23)12-16(24)21(3)4/h9,15,25H,5-8,10-12H2,1-4H3/t15-,18-/m0/s1. The third kappa shape index (κ3) is 3.77. The summed E-state index contributed by atoms with van der Waals surface area (Å²) >= 11 is 0. The van der Waals surface area contributed by atoms with Crippen LogP contribution in [-0.2, 0) is 4.79 Å². The van der Waals surface area contributed by atoms with E-state index in [1.54, 1.807) is 19.0 Å². The van der Waals surface area contributed by atoms with Gasteiger partial charge in [-0.3, -0.25) is 9.69 Å². The lowest BCUT2D eigenvalue weighted by atomic mass is 9.75. The van der Waals surface area contributed by atoms with Gasteiger partial charge in [-0.2, -0.15) is 0 Å². The van der Waals surface area contributed by atoms with Crippen molar-refractivity contribution in [2.24, 2.45) is 5.92 Å². The molecule has 138 valence electrons. The smallest absolute Gasteiger partial charge is 0.236 e. The molecule has 0 spiro atoms. The zero-order valence-electron chi connectivity index (χ0n) is 15.7. The second kappa shape index (κ2) is 6.88. The Hall–Kier alpha value is -1.73. The Bertz CT molecular complexity index is 650. The summed E-state index contributed by atoms with van der Waals surface area (Å²) in [7, 11) is 3.57. The number of likely N-dealkylation sites (N-methyl/N-ethyl adjacent to an activating group) is 1. The molecule has 0 radical (unpaired) electrons. The van der Waals surface area contributed by atoms with E-state index in [0.717, 1.165) is 56.2 Å². The summed E-state index contributed by atoms with van der Waals surface area (Å²) in [6, 6.07) is 0. The van der Waals surface area contributed by atoms with Crippen LogP contribution < -0.4 is 4.90 Å². The van der Waals surface area contributed by atoms with Gasteiger partial charge in [0, 0.05) is 58.0 Å². The van der Waals surface area contributed by atoms with Gasteiger partial charge in [0.2, 0.25) is 5.91 Å². The third-order valence-electron chi connectivity index (χ3n) is 5.58. The van der Waals surface area contributed by atoms with Crippen molar-refractivity contribution in [1.29, 1.82) is 0 Å². The Labute approximate surface area is 149 Å². The Kier molecular flexibility index (Phi) is 4.97. The summed E-state index contributed by atoms with van der Waals surface area (Å²) in [4.78, 5) is 26.9. The number of amides is 1. The van der Waals surface area contributed by atoms with Crippen molar-refractivity contribution in [2.45, 2.75) is 32.3 Å². The summed E-state index contributed by atoms with van der Waals surface area (Å²) in [5.41, 5.74) is 0.441. The summed E-state index contributed by atoms with van der Waals surface area (Å²) in [6.07, 6.45) is 3.34. The lowest BCUT2D eigenvalue weighted by molar-refractivity contribution is -0.133. The number of rotatable bonds is 3. The number of carbonyl (C=O) groups is 1. The molecule has 1 aromatic rings. The molecule has 25 heavy (non-hydrogen) atoms. The topological polar surface area (TPSA) is 72.8 Å². The van der Waals surface area contributed by atoms with E-state index in [1.807, 2.05) is 20.0 Å². The Morgan fingerprint density at radius 1 is 1.32 bits per heavy atom. The summed E-state index contributed by atoms with van der Waals surface area (Å²) in [5, 5.41) is 11.1. The summed E-state index contributed by atoms with van der Waals surface area (Å²) in [5.74, 6) is 1.97. The van der Waals surface area contributed by atoms with Gasteiger partial charge in [-0.25, -0.2) is 9.97 Å². The van der Waals surface area contributed by atoms with Gasteiger partial charge in [-0.05, 0) is 26.7 Å². The first-order valence-corrected chi connectivity index (χ1v) is 8.98. The number of nitrogens with zero attached hydrogens (tertiary/aromatic N) is 5. The van der Waals surface area contributed by atoms with Crippen molar-refractivity contribution in [3.8, 4) is 0 Å². The number of fused-ring (bicyclic) bond motifs is 1. The number of aliphatic hydroxyl groups is 1. The molecule has 3 rings (SSSR count). The zero-order valence-corrected chi connectivity index (χ0v) is 15.7. The minimum Gasteiger partial charge on any atom is -0.389 e. The predicted octanol–water partition coefficient (Wildman–Crippen LogP) is 0.445. The first kappa shape index (κ1) is 18.1. The van der Waals surface area contributed by atoms with Crippen LogP contribution in [-0.4, -0.2) is 83.2 Å². The molecule has 0 saturated carbocycles. The second-order valence-corrected chi connectivity index (χ2v) is 7.69. The highest BCUT2D eigenvalue weighted by molar-refractivity contribution is 5.77. The van der Waals surface area contributed by atoms with Crippen LogP contribution in [0.5, 0.6) is 0 Å². The van der Waals surface area contributed by atoms with Gasteiger partial charge < -0.3 is 14.9 Å². The van der Waals surface area contributed by atoms with Gasteiger partial charge in [0.15, 0.2) is 0 Å². The minimum atomic E-state index is -0.621. The molecule has 0 aromatic carbocycles. The lowest BCUT2D eigenvalue weighted by Gasteiger charge is -2.50. The third-order valence-corrected chi connectivity index (χ3v) is 5.58. The molecule has 1 amide bonds. The molecule has 7 nitrogen and oxygen atoms in total. The maximum absolute atomic E-state index is 12.0. The minimum absolute atomic E-state index is 0.111. The fraction of sp³-hybridized carbons (Fsp3) is 0.722. The van der Waals surface area contributed by atoms with E-state index in [-0.39, 0.29) is 11.8 Å². The van der Waals surface area contributed by atoms with Crippen LogP contribution >= 0.6 is 0 Å². The van der Waals surface area contributed by atoms with Crippen molar-refractivity contribution in [3.05, 3.63) is 17.6 Å². The van der Waals surface area contributed by atoms with Crippen molar-refractivity contribution >= 4 is 11.7 Å². The highest BCUT2D eigenvalue weighted by atomic mass is 16.3. The van der Waals surface area contributed by atoms with Gasteiger partial charge in [0.1, 0.15) is 11.6 Å². The fourth-order valence-electron chi connectivity index (χ4n) is 3.88. The molecule has 0 bridgehead atoms. The van der Waals surface area contributed by atoms with Crippen molar-refractivity contribution in [1.82, 2.24) is 19.8 Å². The first-order valence-electron chi connectivity index (χ1n) is 8.98. The van der Waals surface area contributed by atoms with Gasteiger partial charge in [0.05, 0.1) is 12.1 Å². The largest absolute Gasteiger partial charge is 0.389 e. The normalized spacial score (nSPS) is 27.1. The van der Waals surface area contributed by atoms with Gasteiger partial charge in [-0.15, -0.1) is 0 Å². The first-order chi connectivity index (χ1) is 11.8. The Morgan fingerprint density at radius 2 is 2.04 bits per heavy atom. The molecule has 2 aliphatic heterocycles. The van der Waals surface area contributed by atoms with E-state index in [1.165, 1.54) is 0 Å². The number of anilines is 1. The van der Waals surface area contributed by atoms with Crippen LogP contribution in [0, 0.1) is 19.8 Å². The maximum Gasteiger partial charge on any atom is 0.236 e. The Balaban J connectivity index is 1.72. The average Bonchev–Trinajstić information content (AvgIpc) is 2.57. The van der Waals surface area contributed by atoms with Crippen LogP contribution in [0.2, 0.25) is 0 Å².